The van der Waals surface area contributed by atoms with Gasteiger partial charge in [0, 0.05) is 32.7 Å². The number of nitrogens with zero attached hydrogens (tertiary/aromatic N) is 5. The van der Waals surface area contributed by atoms with Crippen molar-refractivity contribution in [2.45, 2.75) is 45.7 Å². The van der Waals surface area contributed by atoms with Gasteiger partial charge in [-0.3, -0.25) is 14.4 Å². The first-order valence-electron chi connectivity index (χ1n) is 14.1. The average Bonchev–Trinajstić information content (AvgIpc) is 3.29. The van der Waals surface area contributed by atoms with Crippen molar-refractivity contribution in [2.24, 2.45) is 0 Å². The van der Waals surface area contributed by atoms with Gasteiger partial charge in [-0.2, -0.15) is 9.97 Å². The molecule has 40 heavy (non-hydrogen) atoms. The summed E-state index contributed by atoms with van der Waals surface area (Å²) in [5, 5.41) is 0. The molecule has 3 aromatic rings. The van der Waals surface area contributed by atoms with Crippen molar-refractivity contribution in [1.82, 2.24) is 29.3 Å². The number of hydrogen-bond donors (Lipinski definition) is 2. The molecule has 0 atom stereocenters. The van der Waals surface area contributed by atoms with E-state index in [0.717, 1.165) is 83.7 Å². The lowest BCUT2D eigenvalue weighted by molar-refractivity contribution is 0.0359. The number of imidazole rings is 1. The lowest BCUT2D eigenvalue weighted by Gasteiger charge is -2.28. The van der Waals surface area contributed by atoms with Gasteiger partial charge >= 0.3 is 11.7 Å². The van der Waals surface area contributed by atoms with Gasteiger partial charge in [0.2, 0.25) is 0 Å². The summed E-state index contributed by atoms with van der Waals surface area (Å²) in [7, 11) is 3.29. The molecule has 0 spiro atoms. The fourth-order valence-corrected chi connectivity index (χ4v) is 4.91. The number of benzene rings is 1. The third kappa shape index (κ3) is 7.86. The summed E-state index contributed by atoms with van der Waals surface area (Å²) in [6, 6.07) is 6.23. The van der Waals surface area contributed by atoms with Crippen LogP contribution in [0.3, 0.4) is 0 Å². The van der Waals surface area contributed by atoms with Gasteiger partial charge in [-0.25, -0.2) is 4.79 Å². The van der Waals surface area contributed by atoms with Crippen LogP contribution in [-0.4, -0.2) is 96.1 Å². The number of fused-ring (bicyclic) bond motifs is 1. The second kappa shape index (κ2) is 14.9. The third-order valence-electron chi connectivity index (χ3n) is 7.12. The Morgan fingerprint density at radius 2 is 1.80 bits per heavy atom. The van der Waals surface area contributed by atoms with E-state index in [-0.39, 0.29) is 17.5 Å². The molecular formula is C28H43N7O5. The SMILES string of the molecule is CCCCOc1nc(N)c2[nH]c(=O)n(CCCN(CCCN3CCOCC3)Cc3ccc(OC)c(OC)c3)c2n1. The topological polar surface area (TPSA) is 133 Å². The molecule has 0 aliphatic carbocycles. The molecule has 3 heterocycles. The molecule has 1 saturated heterocycles. The zero-order valence-corrected chi connectivity index (χ0v) is 24.0. The largest absolute Gasteiger partial charge is 0.493 e. The number of nitrogen functional groups attached to an aromatic ring is 1. The van der Waals surface area contributed by atoms with E-state index in [1.807, 2.05) is 12.1 Å². The van der Waals surface area contributed by atoms with Crippen LogP contribution in [0, 0.1) is 0 Å². The number of aryl methyl sites for hydroxylation is 1. The van der Waals surface area contributed by atoms with Gasteiger partial charge in [-0.1, -0.05) is 19.4 Å². The van der Waals surface area contributed by atoms with Gasteiger partial charge in [-0.15, -0.1) is 0 Å². The molecule has 12 nitrogen and oxygen atoms in total. The van der Waals surface area contributed by atoms with Gasteiger partial charge < -0.3 is 29.7 Å². The summed E-state index contributed by atoms with van der Waals surface area (Å²) in [5.41, 5.74) is 7.92. The van der Waals surface area contributed by atoms with Crippen molar-refractivity contribution in [3.8, 4) is 17.5 Å². The van der Waals surface area contributed by atoms with Crippen LogP contribution in [0.1, 0.15) is 38.2 Å². The zero-order valence-electron chi connectivity index (χ0n) is 24.0. The van der Waals surface area contributed by atoms with Crippen LogP contribution < -0.4 is 25.6 Å². The molecule has 3 N–H and O–H groups in total. The number of nitrogens with two attached hydrogens (primary N) is 1. The predicted molar refractivity (Wildman–Crippen MR) is 154 cm³/mol. The lowest BCUT2D eigenvalue weighted by atomic mass is 10.1. The number of ether oxygens (including phenoxy) is 4. The van der Waals surface area contributed by atoms with Crippen LogP contribution >= 0.6 is 0 Å². The van der Waals surface area contributed by atoms with Crippen LogP contribution in [0.5, 0.6) is 17.5 Å². The molecule has 0 bridgehead atoms. The number of aromatic nitrogens is 4. The molecule has 12 heteroatoms. The molecule has 0 amide bonds. The fourth-order valence-electron chi connectivity index (χ4n) is 4.91. The highest BCUT2D eigenvalue weighted by molar-refractivity contribution is 5.81. The molecule has 1 aromatic carbocycles. The molecule has 1 aliphatic heterocycles. The maximum absolute atomic E-state index is 12.8. The van der Waals surface area contributed by atoms with Gasteiger partial charge in [0.05, 0.1) is 34.0 Å². The van der Waals surface area contributed by atoms with Crippen LogP contribution in [0.15, 0.2) is 23.0 Å². The van der Waals surface area contributed by atoms with Crippen molar-refractivity contribution in [3.05, 3.63) is 34.2 Å². The van der Waals surface area contributed by atoms with Crippen molar-refractivity contribution >= 4 is 17.0 Å². The molecular weight excluding hydrogens is 514 g/mol. The number of morpholine rings is 1. The van der Waals surface area contributed by atoms with Gasteiger partial charge in [-0.05, 0) is 50.0 Å². The second-order valence-electron chi connectivity index (χ2n) is 10.0. The molecule has 220 valence electrons. The maximum Gasteiger partial charge on any atom is 0.327 e. The second-order valence-corrected chi connectivity index (χ2v) is 10.0. The van der Waals surface area contributed by atoms with Crippen LogP contribution in [0.2, 0.25) is 0 Å². The number of rotatable bonds is 16. The first-order chi connectivity index (χ1) is 19.5. The Morgan fingerprint density at radius 1 is 1.05 bits per heavy atom. The fraction of sp³-hybridized carbons (Fsp3) is 0.607. The summed E-state index contributed by atoms with van der Waals surface area (Å²) in [6.45, 7) is 10.2. The molecule has 4 rings (SSSR count). The molecule has 0 saturated carbocycles. The Hall–Kier alpha value is -3.35. The van der Waals surface area contributed by atoms with E-state index in [0.29, 0.717) is 35.8 Å². The molecule has 1 aliphatic rings. The predicted octanol–water partition coefficient (Wildman–Crippen LogP) is 2.51. The summed E-state index contributed by atoms with van der Waals surface area (Å²) >= 11 is 0. The van der Waals surface area contributed by atoms with E-state index in [1.165, 1.54) is 0 Å². The highest BCUT2D eigenvalue weighted by Gasteiger charge is 2.16. The summed E-state index contributed by atoms with van der Waals surface area (Å²) in [4.78, 5) is 29.2. The Balaban J connectivity index is 1.44. The number of unbranched alkanes of at least 4 members (excludes halogenated alkanes) is 1. The van der Waals surface area contributed by atoms with Crippen molar-refractivity contribution < 1.29 is 18.9 Å². The third-order valence-corrected chi connectivity index (χ3v) is 7.12. The Morgan fingerprint density at radius 3 is 2.52 bits per heavy atom. The number of nitrogens with one attached hydrogen (secondary N) is 1. The van der Waals surface area contributed by atoms with Gasteiger partial charge in [0.25, 0.3) is 0 Å². The van der Waals surface area contributed by atoms with E-state index in [1.54, 1.807) is 18.8 Å². The number of H-pyrrole nitrogens is 1. The van der Waals surface area contributed by atoms with Gasteiger partial charge in [0.1, 0.15) is 5.52 Å². The number of hydrogen-bond acceptors (Lipinski definition) is 10. The van der Waals surface area contributed by atoms with E-state index in [9.17, 15) is 4.79 Å². The zero-order chi connectivity index (χ0) is 28.3. The van der Waals surface area contributed by atoms with Crippen LogP contribution in [-0.2, 0) is 17.8 Å². The van der Waals surface area contributed by atoms with E-state index in [4.69, 9.17) is 24.7 Å². The molecule has 0 unspecified atom stereocenters. The molecule has 1 fully saturated rings. The van der Waals surface area contributed by atoms with Crippen molar-refractivity contribution in [3.63, 3.8) is 0 Å². The highest BCUT2D eigenvalue weighted by atomic mass is 16.5. The normalized spacial score (nSPS) is 14.2. The maximum atomic E-state index is 12.8. The summed E-state index contributed by atoms with van der Waals surface area (Å²) < 4.78 is 23.7. The smallest absolute Gasteiger partial charge is 0.327 e. The average molecular weight is 558 g/mol. The van der Waals surface area contributed by atoms with Crippen molar-refractivity contribution in [2.75, 3.05) is 72.5 Å². The molecule has 0 radical (unpaired) electrons. The van der Waals surface area contributed by atoms with Crippen molar-refractivity contribution in [1.29, 1.82) is 0 Å². The van der Waals surface area contributed by atoms with Gasteiger partial charge in [0.15, 0.2) is 23.0 Å². The minimum Gasteiger partial charge on any atom is -0.493 e. The minimum atomic E-state index is -0.250. The highest BCUT2D eigenvalue weighted by Crippen LogP contribution is 2.28. The minimum absolute atomic E-state index is 0.199. The lowest BCUT2D eigenvalue weighted by Crippen LogP contribution is -2.38. The summed E-state index contributed by atoms with van der Waals surface area (Å²) in [5.74, 6) is 1.64. The Kier molecular flexibility index (Phi) is 11.0. The first-order valence-corrected chi connectivity index (χ1v) is 14.1. The number of anilines is 1. The van der Waals surface area contributed by atoms with Crippen LogP contribution in [0.25, 0.3) is 11.2 Å². The Bertz CT molecular complexity index is 1270. The summed E-state index contributed by atoms with van der Waals surface area (Å²) in [6.07, 6.45) is 3.69. The first kappa shape index (κ1) is 29.6. The van der Waals surface area contributed by atoms with E-state index < -0.39 is 0 Å². The monoisotopic (exact) mass is 557 g/mol. The van der Waals surface area contributed by atoms with Crippen LogP contribution in [0.4, 0.5) is 5.82 Å². The standard InChI is InChI=1S/C28H43N7O5/c1-4-5-16-40-27-31-25(29)24-26(32-27)35(28(36)30-24)13-7-12-34(11-6-10-33-14-17-39-18-15-33)20-21-8-9-22(37-2)23(19-21)38-3/h8-9,19H,4-7,10-18,20H2,1-3H3,(H,30,36)(H2,29,31,32). The molecule has 2 aromatic heterocycles. The number of aromatic amines is 1. The van der Waals surface area contributed by atoms with E-state index >= 15 is 0 Å². The Labute approximate surface area is 235 Å². The quantitative estimate of drug-likeness (QED) is 0.253. The van der Waals surface area contributed by atoms with E-state index in [2.05, 4.69) is 37.7 Å². The number of methoxy groups -OCH3 is 2.